The van der Waals surface area contributed by atoms with Crippen molar-refractivity contribution in [1.29, 1.82) is 0 Å². The van der Waals surface area contributed by atoms with Crippen LogP contribution < -0.4 is 10.2 Å². The van der Waals surface area contributed by atoms with E-state index >= 15 is 0 Å². The van der Waals surface area contributed by atoms with Gasteiger partial charge in [0.2, 0.25) is 5.91 Å². The van der Waals surface area contributed by atoms with Gasteiger partial charge in [-0.3, -0.25) is 4.79 Å². The predicted octanol–water partition coefficient (Wildman–Crippen LogP) is 3.78. The third-order valence-electron chi connectivity index (χ3n) is 5.07. The molecule has 1 aliphatic rings. The summed E-state index contributed by atoms with van der Waals surface area (Å²) in [5.74, 6) is 1.26. The Bertz CT molecular complexity index is 1180. The number of thiazole rings is 1. The summed E-state index contributed by atoms with van der Waals surface area (Å²) in [7, 11) is 0. The average Bonchev–Trinajstić information content (AvgIpc) is 3.43. The lowest BCUT2D eigenvalue weighted by Crippen LogP contribution is -2.41. The Morgan fingerprint density at radius 1 is 1.20 bits per heavy atom. The monoisotopic (exact) mass is 439 g/mol. The zero-order chi connectivity index (χ0) is 20.5. The molecule has 5 rings (SSSR count). The third kappa shape index (κ3) is 3.86. The van der Waals surface area contributed by atoms with Crippen LogP contribution in [0.25, 0.3) is 16.0 Å². The van der Waals surface area contributed by atoms with E-state index in [9.17, 15) is 4.79 Å². The van der Waals surface area contributed by atoms with E-state index in [1.165, 1.54) is 11.3 Å². The van der Waals surface area contributed by atoms with Gasteiger partial charge in [0.15, 0.2) is 16.8 Å². The highest BCUT2D eigenvalue weighted by atomic mass is 35.5. The van der Waals surface area contributed by atoms with Crippen molar-refractivity contribution >= 4 is 50.0 Å². The molecular weight excluding hydrogens is 422 g/mol. The molecule has 10 heteroatoms. The van der Waals surface area contributed by atoms with E-state index in [1.54, 1.807) is 16.9 Å². The summed E-state index contributed by atoms with van der Waals surface area (Å²) < 4.78 is 2.62. The van der Waals surface area contributed by atoms with Crippen molar-refractivity contribution in [3.05, 3.63) is 53.8 Å². The molecule has 1 aromatic carbocycles. The number of rotatable bonds is 4. The standard InChI is InChI=1S/C20H18ClN7OS/c21-14-4-5-15-16(11-14)30-20(23-15)24-19(29)13-3-1-9-27(12-13)17-6-7-18(26-25-17)28-10-2-8-22-28/h2,4-8,10-11,13H,1,3,9,12H2,(H,23,24,29). The van der Waals surface area contributed by atoms with E-state index in [4.69, 9.17) is 11.6 Å². The van der Waals surface area contributed by atoms with Gasteiger partial charge in [-0.05, 0) is 49.2 Å². The van der Waals surface area contributed by atoms with E-state index in [2.05, 4.69) is 30.5 Å². The molecule has 1 saturated heterocycles. The van der Waals surface area contributed by atoms with Gasteiger partial charge in [-0.1, -0.05) is 22.9 Å². The fourth-order valence-corrected chi connectivity index (χ4v) is 4.72. The maximum atomic E-state index is 12.9. The number of nitrogens with one attached hydrogen (secondary N) is 1. The molecule has 30 heavy (non-hydrogen) atoms. The zero-order valence-corrected chi connectivity index (χ0v) is 17.5. The number of aromatic nitrogens is 5. The van der Waals surface area contributed by atoms with Crippen LogP contribution in [-0.2, 0) is 4.79 Å². The van der Waals surface area contributed by atoms with Crippen molar-refractivity contribution in [3.8, 4) is 5.82 Å². The van der Waals surface area contributed by atoms with Crippen molar-refractivity contribution in [2.45, 2.75) is 12.8 Å². The molecule has 1 amide bonds. The van der Waals surface area contributed by atoms with Gasteiger partial charge in [-0.15, -0.1) is 10.2 Å². The second kappa shape index (κ2) is 8.00. The van der Waals surface area contributed by atoms with Gasteiger partial charge in [0.05, 0.1) is 16.1 Å². The van der Waals surface area contributed by atoms with Crippen LogP contribution in [-0.4, -0.2) is 44.0 Å². The minimum Gasteiger partial charge on any atom is -0.354 e. The molecule has 1 fully saturated rings. The number of fused-ring (bicyclic) bond motifs is 1. The van der Waals surface area contributed by atoms with E-state index < -0.39 is 0 Å². The highest BCUT2D eigenvalue weighted by Crippen LogP contribution is 2.29. The van der Waals surface area contributed by atoms with E-state index in [0.29, 0.717) is 22.5 Å². The topological polar surface area (TPSA) is 88.8 Å². The Morgan fingerprint density at radius 2 is 2.07 bits per heavy atom. The highest BCUT2D eigenvalue weighted by Gasteiger charge is 2.27. The highest BCUT2D eigenvalue weighted by molar-refractivity contribution is 7.22. The fraction of sp³-hybridized carbons (Fsp3) is 0.250. The zero-order valence-electron chi connectivity index (χ0n) is 15.9. The van der Waals surface area contributed by atoms with Crippen molar-refractivity contribution in [2.24, 2.45) is 5.92 Å². The number of anilines is 2. The summed E-state index contributed by atoms with van der Waals surface area (Å²) in [6, 6.07) is 11.2. The normalized spacial score (nSPS) is 16.7. The molecule has 3 aromatic heterocycles. The Morgan fingerprint density at radius 3 is 2.87 bits per heavy atom. The molecule has 0 saturated carbocycles. The maximum Gasteiger partial charge on any atom is 0.231 e. The van der Waals surface area contributed by atoms with Crippen molar-refractivity contribution < 1.29 is 4.79 Å². The predicted molar refractivity (Wildman–Crippen MR) is 117 cm³/mol. The summed E-state index contributed by atoms with van der Waals surface area (Å²) >= 11 is 7.47. The summed E-state index contributed by atoms with van der Waals surface area (Å²) in [5.41, 5.74) is 0.831. The van der Waals surface area contributed by atoms with E-state index in [0.717, 1.165) is 35.4 Å². The minimum atomic E-state index is -0.137. The Balaban J connectivity index is 1.26. The third-order valence-corrected chi connectivity index (χ3v) is 6.24. The van der Waals surface area contributed by atoms with Crippen LogP contribution in [0.2, 0.25) is 5.02 Å². The second-order valence-corrected chi connectivity index (χ2v) is 8.57. The molecule has 1 aliphatic heterocycles. The number of benzene rings is 1. The largest absolute Gasteiger partial charge is 0.354 e. The number of hydrogen-bond acceptors (Lipinski definition) is 7. The summed E-state index contributed by atoms with van der Waals surface area (Å²) in [6.45, 7) is 1.44. The molecule has 1 unspecified atom stereocenters. The first kappa shape index (κ1) is 19.0. The average molecular weight is 440 g/mol. The molecule has 1 atom stereocenters. The van der Waals surface area contributed by atoms with Gasteiger partial charge in [-0.25, -0.2) is 9.67 Å². The summed E-state index contributed by atoms with van der Waals surface area (Å²) in [5, 5.41) is 17.0. The van der Waals surface area contributed by atoms with Gasteiger partial charge >= 0.3 is 0 Å². The van der Waals surface area contributed by atoms with Gasteiger partial charge in [0.1, 0.15) is 0 Å². The van der Waals surface area contributed by atoms with Crippen LogP contribution in [0.3, 0.4) is 0 Å². The van der Waals surface area contributed by atoms with Crippen molar-refractivity contribution in [2.75, 3.05) is 23.3 Å². The van der Waals surface area contributed by atoms with Gasteiger partial charge in [-0.2, -0.15) is 5.10 Å². The van der Waals surface area contributed by atoms with Gasteiger partial charge < -0.3 is 10.2 Å². The second-order valence-electron chi connectivity index (χ2n) is 7.11. The van der Waals surface area contributed by atoms with Crippen LogP contribution in [0.4, 0.5) is 10.9 Å². The molecule has 152 valence electrons. The number of piperidine rings is 1. The molecule has 0 spiro atoms. The molecule has 1 N–H and O–H groups in total. The molecule has 4 heterocycles. The molecule has 0 radical (unpaired) electrons. The van der Waals surface area contributed by atoms with Crippen LogP contribution >= 0.6 is 22.9 Å². The SMILES string of the molecule is O=C(Nc1nc2ccc(Cl)cc2s1)C1CCCN(c2ccc(-n3cccn3)nn2)C1. The van der Waals surface area contributed by atoms with Crippen molar-refractivity contribution in [3.63, 3.8) is 0 Å². The van der Waals surface area contributed by atoms with Crippen LogP contribution in [0.15, 0.2) is 48.8 Å². The quantitative estimate of drug-likeness (QED) is 0.520. The lowest BCUT2D eigenvalue weighted by molar-refractivity contribution is -0.120. The molecular formula is C20H18ClN7OS. The molecule has 0 bridgehead atoms. The summed E-state index contributed by atoms with van der Waals surface area (Å²) in [4.78, 5) is 19.4. The van der Waals surface area contributed by atoms with E-state index in [1.807, 2.05) is 36.5 Å². The molecule has 0 aliphatic carbocycles. The Kier molecular flexibility index (Phi) is 5.06. The number of hydrogen-bond donors (Lipinski definition) is 1. The Hall–Kier alpha value is -3.04. The van der Waals surface area contributed by atoms with E-state index in [-0.39, 0.29) is 11.8 Å². The smallest absolute Gasteiger partial charge is 0.231 e. The maximum absolute atomic E-state index is 12.9. The van der Waals surface area contributed by atoms with Gasteiger partial charge in [0.25, 0.3) is 0 Å². The van der Waals surface area contributed by atoms with Crippen LogP contribution in [0.1, 0.15) is 12.8 Å². The van der Waals surface area contributed by atoms with Crippen molar-refractivity contribution in [1.82, 2.24) is 25.0 Å². The minimum absolute atomic E-state index is 0.0222. The first-order valence-electron chi connectivity index (χ1n) is 9.61. The van der Waals surface area contributed by atoms with Crippen LogP contribution in [0, 0.1) is 5.92 Å². The van der Waals surface area contributed by atoms with Gasteiger partial charge in [0, 0.05) is 30.5 Å². The number of amides is 1. The Labute approximate surface area is 181 Å². The first-order valence-corrected chi connectivity index (χ1v) is 10.8. The van der Waals surface area contributed by atoms with Crippen LogP contribution in [0.5, 0.6) is 0 Å². The fourth-order valence-electron chi connectivity index (χ4n) is 3.57. The number of nitrogens with zero attached hydrogens (tertiary/aromatic N) is 6. The summed E-state index contributed by atoms with van der Waals surface area (Å²) in [6.07, 6.45) is 5.26. The number of halogens is 1. The lowest BCUT2D eigenvalue weighted by atomic mass is 9.97. The first-order chi connectivity index (χ1) is 14.7. The number of carbonyl (C=O) groups is 1. The lowest BCUT2D eigenvalue weighted by Gasteiger charge is -2.32. The molecule has 4 aromatic rings. The number of carbonyl (C=O) groups excluding carboxylic acids is 1. The molecule has 8 nitrogen and oxygen atoms in total.